The van der Waals surface area contributed by atoms with Gasteiger partial charge in [0.2, 0.25) is 0 Å². The number of carbonyl (C=O) groups excluding carboxylic acids is 3. The summed E-state index contributed by atoms with van der Waals surface area (Å²) in [6.45, 7) is 2.83. The zero-order chi connectivity index (χ0) is 11.8. The van der Waals surface area contributed by atoms with Crippen LogP contribution in [0.25, 0.3) is 0 Å². The molecule has 6 nitrogen and oxygen atoms in total. The molecule has 0 saturated heterocycles. The maximum atomic E-state index is 10.8. The second-order valence-corrected chi connectivity index (χ2v) is 2.85. The van der Waals surface area contributed by atoms with Crippen molar-refractivity contribution < 1.29 is 23.9 Å². The third-order valence-electron chi connectivity index (χ3n) is 1.46. The first kappa shape index (κ1) is 13.7. The van der Waals surface area contributed by atoms with E-state index in [1.165, 1.54) is 6.92 Å². The van der Waals surface area contributed by atoms with Crippen molar-refractivity contribution in [3.05, 3.63) is 0 Å². The number of nitrogens with one attached hydrogen (secondary N) is 1. The minimum atomic E-state index is -1.12. The van der Waals surface area contributed by atoms with Gasteiger partial charge >= 0.3 is 17.8 Å². The van der Waals surface area contributed by atoms with Crippen LogP contribution in [0.2, 0.25) is 0 Å². The van der Waals surface area contributed by atoms with Gasteiger partial charge in [0.05, 0.1) is 0 Å². The van der Waals surface area contributed by atoms with Crippen LogP contribution in [-0.2, 0) is 23.9 Å². The molecule has 0 aromatic carbocycles. The molecule has 0 aliphatic heterocycles. The fourth-order valence-corrected chi connectivity index (χ4v) is 0.820. The Hall–Kier alpha value is -1.30. The van der Waals surface area contributed by atoms with Gasteiger partial charge in [0.1, 0.15) is 12.7 Å². The van der Waals surface area contributed by atoms with Gasteiger partial charge in [0.15, 0.2) is 0 Å². The zero-order valence-electron chi connectivity index (χ0n) is 8.41. The SMILES string of the molecule is CCC(COC(=O)C(=O)NCl)OC(C)=O. The summed E-state index contributed by atoms with van der Waals surface area (Å²) < 4.78 is 9.32. The number of carbonyl (C=O) groups is 3. The molecule has 0 aromatic heterocycles. The molecular weight excluding hydrogens is 226 g/mol. The Kier molecular flexibility index (Phi) is 6.44. The lowest BCUT2D eigenvalue weighted by molar-refractivity contribution is -0.161. The molecule has 86 valence electrons. The summed E-state index contributed by atoms with van der Waals surface area (Å²) in [5.74, 6) is -2.65. The number of halogens is 1. The van der Waals surface area contributed by atoms with Gasteiger partial charge in [-0.3, -0.25) is 14.4 Å². The Labute approximate surface area is 92.0 Å². The summed E-state index contributed by atoms with van der Waals surface area (Å²) in [5, 5.41) is 0. The fourth-order valence-electron chi connectivity index (χ4n) is 0.743. The third kappa shape index (κ3) is 5.90. The topological polar surface area (TPSA) is 81.7 Å². The van der Waals surface area contributed by atoms with Gasteiger partial charge in [-0.2, -0.15) is 0 Å². The van der Waals surface area contributed by atoms with Crippen molar-refractivity contribution in [3.63, 3.8) is 0 Å². The van der Waals surface area contributed by atoms with Gasteiger partial charge in [-0.05, 0) is 6.42 Å². The van der Waals surface area contributed by atoms with Crippen molar-refractivity contribution in [1.82, 2.24) is 4.84 Å². The van der Waals surface area contributed by atoms with Crippen LogP contribution in [0.3, 0.4) is 0 Å². The highest BCUT2D eigenvalue weighted by atomic mass is 35.5. The largest absolute Gasteiger partial charge is 0.459 e. The van der Waals surface area contributed by atoms with Gasteiger partial charge in [0, 0.05) is 18.7 Å². The van der Waals surface area contributed by atoms with E-state index in [4.69, 9.17) is 16.5 Å². The Morgan fingerprint density at radius 2 is 2.00 bits per heavy atom. The molecule has 0 heterocycles. The van der Waals surface area contributed by atoms with Gasteiger partial charge in [-0.25, -0.2) is 4.79 Å². The number of hydrogen-bond donors (Lipinski definition) is 1. The maximum Gasteiger partial charge on any atom is 0.398 e. The maximum absolute atomic E-state index is 10.8. The van der Waals surface area contributed by atoms with Crippen molar-refractivity contribution in [2.24, 2.45) is 0 Å². The van der Waals surface area contributed by atoms with E-state index in [2.05, 4.69) is 4.74 Å². The zero-order valence-corrected chi connectivity index (χ0v) is 9.17. The lowest BCUT2D eigenvalue weighted by atomic mass is 10.3. The quantitative estimate of drug-likeness (QED) is 0.427. The molecule has 1 atom stereocenters. The molecule has 0 aliphatic rings. The first-order valence-corrected chi connectivity index (χ1v) is 4.64. The Morgan fingerprint density at radius 1 is 1.40 bits per heavy atom. The monoisotopic (exact) mass is 237 g/mol. The predicted molar refractivity (Wildman–Crippen MR) is 50.8 cm³/mol. The highest BCUT2D eigenvalue weighted by Crippen LogP contribution is 1.99. The Bertz CT molecular complexity index is 255. The van der Waals surface area contributed by atoms with Crippen LogP contribution in [0.1, 0.15) is 20.3 Å². The van der Waals surface area contributed by atoms with Gasteiger partial charge < -0.3 is 9.47 Å². The van der Waals surface area contributed by atoms with E-state index in [-0.39, 0.29) is 6.61 Å². The van der Waals surface area contributed by atoms with Crippen molar-refractivity contribution >= 4 is 29.6 Å². The van der Waals surface area contributed by atoms with Gasteiger partial charge in [-0.15, -0.1) is 0 Å². The summed E-state index contributed by atoms with van der Waals surface area (Å²) in [5.41, 5.74) is 0. The lowest BCUT2D eigenvalue weighted by Gasteiger charge is -2.14. The molecule has 15 heavy (non-hydrogen) atoms. The number of esters is 2. The van der Waals surface area contributed by atoms with Crippen LogP contribution < -0.4 is 4.84 Å². The molecule has 0 aromatic rings. The summed E-state index contributed by atoms with van der Waals surface area (Å²) in [4.78, 5) is 33.6. The molecule has 0 saturated carbocycles. The Balaban J connectivity index is 3.95. The standard InChI is InChI=1S/C8H12ClNO5/c1-3-6(15-5(2)11)4-14-8(13)7(12)10-9/h6H,3-4H2,1-2H3,(H,10,12). The second-order valence-electron chi connectivity index (χ2n) is 2.66. The van der Waals surface area contributed by atoms with Crippen molar-refractivity contribution in [3.8, 4) is 0 Å². The highest BCUT2D eigenvalue weighted by Gasteiger charge is 2.17. The molecule has 7 heteroatoms. The van der Waals surface area contributed by atoms with E-state index in [0.29, 0.717) is 6.42 Å². The van der Waals surface area contributed by atoms with Crippen LogP contribution in [0, 0.1) is 0 Å². The number of hydrogen-bond acceptors (Lipinski definition) is 5. The normalized spacial score (nSPS) is 11.4. The van der Waals surface area contributed by atoms with Crippen molar-refractivity contribution in [2.75, 3.05) is 6.61 Å². The lowest BCUT2D eigenvalue weighted by Crippen LogP contribution is -2.30. The van der Waals surface area contributed by atoms with Crippen LogP contribution >= 0.6 is 11.8 Å². The van der Waals surface area contributed by atoms with E-state index in [0.717, 1.165) is 0 Å². The van der Waals surface area contributed by atoms with E-state index in [1.54, 1.807) is 11.8 Å². The third-order valence-corrected chi connectivity index (χ3v) is 1.63. The minimum absolute atomic E-state index is 0.167. The smallest absolute Gasteiger partial charge is 0.398 e. The minimum Gasteiger partial charge on any atom is -0.459 e. The molecule has 1 unspecified atom stereocenters. The summed E-state index contributed by atoms with van der Waals surface area (Å²) >= 11 is 4.89. The van der Waals surface area contributed by atoms with Crippen molar-refractivity contribution in [1.29, 1.82) is 0 Å². The first-order chi connectivity index (χ1) is 7.01. The molecule has 1 amide bonds. The average Bonchev–Trinajstić information content (AvgIpc) is 2.21. The van der Waals surface area contributed by atoms with Crippen LogP contribution in [0.5, 0.6) is 0 Å². The highest BCUT2D eigenvalue weighted by molar-refractivity contribution is 6.40. The predicted octanol–water partition coefficient (Wildman–Crippen LogP) is 0.141. The van der Waals surface area contributed by atoms with E-state index < -0.39 is 23.9 Å². The second kappa shape index (κ2) is 7.05. The van der Waals surface area contributed by atoms with Crippen LogP contribution in [0.4, 0.5) is 0 Å². The number of amides is 1. The summed E-state index contributed by atoms with van der Waals surface area (Å²) in [6.07, 6.45) is -0.0652. The number of rotatable bonds is 4. The molecular formula is C8H12ClNO5. The summed E-state index contributed by atoms with van der Waals surface area (Å²) in [7, 11) is 0. The van der Waals surface area contributed by atoms with E-state index in [9.17, 15) is 14.4 Å². The molecule has 0 bridgehead atoms. The molecule has 0 spiro atoms. The fraction of sp³-hybridized carbons (Fsp3) is 0.625. The molecule has 1 N–H and O–H groups in total. The first-order valence-electron chi connectivity index (χ1n) is 4.26. The van der Waals surface area contributed by atoms with Gasteiger partial charge in [0.25, 0.3) is 0 Å². The number of ether oxygens (including phenoxy) is 2. The van der Waals surface area contributed by atoms with E-state index >= 15 is 0 Å². The van der Waals surface area contributed by atoms with Crippen molar-refractivity contribution in [2.45, 2.75) is 26.4 Å². The summed E-state index contributed by atoms with van der Waals surface area (Å²) in [6, 6.07) is 0. The average molecular weight is 238 g/mol. The molecule has 0 fully saturated rings. The van der Waals surface area contributed by atoms with E-state index in [1.807, 2.05) is 0 Å². The van der Waals surface area contributed by atoms with Gasteiger partial charge in [-0.1, -0.05) is 6.92 Å². The van der Waals surface area contributed by atoms with Crippen LogP contribution in [-0.4, -0.2) is 30.6 Å². The Morgan fingerprint density at radius 3 is 2.40 bits per heavy atom. The van der Waals surface area contributed by atoms with Crippen LogP contribution in [0.15, 0.2) is 0 Å². The molecule has 0 rings (SSSR count). The molecule has 0 aliphatic carbocycles. The molecule has 0 radical (unpaired) electrons.